The number of unbranched alkanes of at least 4 members (excludes halogenated alkanes) is 1. The Morgan fingerprint density at radius 3 is 2.24 bits per heavy atom. The van der Waals surface area contributed by atoms with Gasteiger partial charge in [-0.15, -0.1) is 0 Å². The molecule has 0 aliphatic carbocycles. The van der Waals surface area contributed by atoms with Crippen molar-refractivity contribution in [2.45, 2.75) is 65.0 Å². The predicted octanol–water partition coefficient (Wildman–Crippen LogP) is 2.42. The maximum atomic E-state index is 11.5. The maximum Gasteiger partial charge on any atom is 0.461 e. The van der Waals surface area contributed by atoms with Crippen LogP contribution in [0.2, 0.25) is 6.32 Å². The minimum atomic E-state index is -0.338. The Morgan fingerprint density at radius 2 is 1.76 bits per heavy atom. The van der Waals surface area contributed by atoms with Crippen molar-refractivity contribution in [3.05, 3.63) is 12.3 Å². The first-order valence-electron chi connectivity index (χ1n) is 7.43. The van der Waals surface area contributed by atoms with Gasteiger partial charge in [0.2, 0.25) is 5.91 Å². The molecule has 6 heteroatoms. The summed E-state index contributed by atoms with van der Waals surface area (Å²) >= 11 is 0. The Kier molecular flexibility index (Phi) is 6.16. The zero-order valence-corrected chi connectivity index (χ0v) is 13.7. The molecule has 1 rings (SSSR count). The first-order valence-corrected chi connectivity index (χ1v) is 7.43. The van der Waals surface area contributed by atoms with Crippen LogP contribution < -0.4 is 0 Å². The summed E-state index contributed by atoms with van der Waals surface area (Å²) in [5, 5.41) is 0. The van der Waals surface area contributed by atoms with Gasteiger partial charge in [-0.25, -0.2) is 0 Å². The van der Waals surface area contributed by atoms with Gasteiger partial charge in [-0.3, -0.25) is 4.79 Å². The topological polar surface area (TPSA) is 55.8 Å². The molecule has 1 aliphatic heterocycles. The van der Waals surface area contributed by atoms with Gasteiger partial charge in [0.15, 0.2) is 0 Å². The summed E-state index contributed by atoms with van der Waals surface area (Å²) < 4.78 is 11.8. The number of hydrogen-bond donors (Lipinski definition) is 0. The third kappa shape index (κ3) is 4.97. The minimum Gasteiger partial charge on any atom is -0.403 e. The molecular weight excluding hydrogens is 269 g/mol. The van der Waals surface area contributed by atoms with Gasteiger partial charge < -0.3 is 19.0 Å². The highest BCUT2D eigenvalue weighted by atomic mass is 16.7. The van der Waals surface area contributed by atoms with Crippen LogP contribution in [0, 0.1) is 0 Å². The van der Waals surface area contributed by atoms with Crippen molar-refractivity contribution in [2.75, 3.05) is 6.54 Å². The number of allylic oxidation sites excluding steroid dienone is 1. The third-order valence-corrected chi connectivity index (χ3v) is 4.04. The molecule has 0 bridgehead atoms. The van der Waals surface area contributed by atoms with E-state index in [4.69, 9.17) is 9.31 Å². The monoisotopic (exact) mass is 295 g/mol. The minimum absolute atomic E-state index is 0.0360. The molecule has 5 nitrogen and oxygen atoms in total. The fourth-order valence-electron chi connectivity index (χ4n) is 2.04. The second-order valence-electron chi connectivity index (χ2n) is 6.33. The molecule has 1 saturated heterocycles. The van der Waals surface area contributed by atoms with Crippen molar-refractivity contribution in [1.29, 1.82) is 0 Å². The lowest BCUT2D eigenvalue weighted by molar-refractivity contribution is -0.126. The molecule has 0 spiro atoms. The van der Waals surface area contributed by atoms with Gasteiger partial charge in [0.05, 0.1) is 11.2 Å². The molecule has 1 aliphatic rings. The number of rotatable bonds is 7. The first kappa shape index (κ1) is 17.9. The van der Waals surface area contributed by atoms with Crippen LogP contribution in [0.4, 0.5) is 0 Å². The van der Waals surface area contributed by atoms with Gasteiger partial charge in [0, 0.05) is 32.4 Å². The lowest BCUT2D eigenvalue weighted by atomic mass is 9.85. The maximum absolute atomic E-state index is 11.5. The molecule has 1 amide bonds. The average Bonchev–Trinajstić information content (AvgIpc) is 2.55. The molecule has 0 aromatic heterocycles. The molecule has 0 N–H and O–H groups in total. The van der Waals surface area contributed by atoms with Crippen LogP contribution in [0.25, 0.3) is 0 Å². The van der Waals surface area contributed by atoms with Crippen molar-refractivity contribution in [3.63, 3.8) is 0 Å². The lowest BCUT2D eigenvalue weighted by Gasteiger charge is -2.32. The number of amides is 1. The van der Waals surface area contributed by atoms with Gasteiger partial charge in [0.1, 0.15) is 6.29 Å². The van der Waals surface area contributed by atoms with Gasteiger partial charge in [-0.1, -0.05) is 6.08 Å². The number of hydrogen-bond acceptors (Lipinski definition) is 4. The van der Waals surface area contributed by atoms with E-state index >= 15 is 0 Å². The van der Waals surface area contributed by atoms with Gasteiger partial charge in [0.25, 0.3) is 0 Å². The Labute approximate surface area is 127 Å². The molecule has 0 aromatic carbocycles. The predicted molar refractivity (Wildman–Crippen MR) is 82.7 cm³/mol. The summed E-state index contributed by atoms with van der Waals surface area (Å²) in [5.74, 6) is -0.0360. The Bertz CT molecular complexity index is 390. The van der Waals surface area contributed by atoms with Crippen molar-refractivity contribution >= 4 is 19.3 Å². The Balaban J connectivity index is 2.49. The number of nitrogens with zero attached hydrogens (tertiary/aromatic N) is 1. The molecule has 1 fully saturated rings. The van der Waals surface area contributed by atoms with Gasteiger partial charge in [-0.2, -0.15) is 0 Å². The Hall–Kier alpha value is -1.14. The van der Waals surface area contributed by atoms with E-state index < -0.39 is 0 Å². The summed E-state index contributed by atoms with van der Waals surface area (Å²) in [5.41, 5.74) is -0.675. The molecule has 0 aromatic rings. The quantitative estimate of drug-likeness (QED) is 0.411. The molecule has 118 valence electrons. The van der Waals surface area contributed by atoms with Crippen molar-refractivity contribution in [2.24, 2.45) is 0 Å². The van der Waals surface area contributed by atoms with Crippen LogP contribution in [-0.2, 0) is 18.9 Å². The molecule has 0 unspecified atom stereocenters. The number of carbonyl (C=O) groups excluding carboxylic acids is 2. The van der Waals surface area contributed by atoms with Crippen LogP contribution in [0.15, 0.2) is 12.3 Å². The van der Waals surface area contributed by atoms with E-state index in [1.807, 2.05) is 33.8 Å². The van der Waals surface area contributed by atoms with Crippen molar-refractivity contribution in [1.82, 2.24) is 4.90 Å². The summed E-state index contributed by atoms with van der Waals surface area (Å²) in [6.45, 7) is 10.1. The highest BCUT2D eigenvalue weighted by Gasteiger charge is 2.50. The fraction of sp³-hybridized carbons (Fsp3) is 0.733. The molecule has 0 saturated carbocycles. The van der Waals surface area contributed by atoms with E-state index in [0.29, 0.717) is 25.7 Å². The summed E-state index contributed by atoms with van der Waals surface area (Å²) in [6, 6.07) is 0. The average molecular weight is 295 g/mol. The normalized spacial score (nSPS) is 20.0. The SMILES string of the molecule is CC(=O)N(/C=C/CB1OC(C)(C)C(C)(C)O1)CCCC=O. The first-order chi connectivity index (χ1) is 9.69. The van der Waals surface area contributed by atoms with Crippen LogP contribution in [-0.4, -0.2) is 42.0 Å². The zero-order valence-electron chi connectivity index (χ0n) is 13.7. The fourth-order valence-corrected chi connectivity index (χ4v) is 2.04. The van der Waals surface area contributed by atoms with Gasteiger partial charge in [-0.05, 0) is 34.1 Å². The highest BCUT2D eigenvalue weighted by Crippen LogP contribution is 2.37. The van der Waals surface area contributed by atoms with Crippen LogP contribution >= 0.6 is 0 Å². The Morgan fingerprint density at radius 1 is 1.19 bits per heavy atom. The summed E-state index contributed by atoms with van der Waals surface area (Å²) in [7, 11) is -0.296. The van der Waals surface area contributed by atoms with E-state index in [9.17, 15) is 9.59 Å². The second-order valence-corrected chi connectivity index (χ2v) is 6.33. The molecule has 1 heterocycles. The van der Waals surface area contributed by atoms with E-state index in [-0.39, 0.29) is 24.2 Å². The lowest BCUT2D eigenvalue weighted by Crippen LogP contribution is -2.41. The van der Waals surface area contributed by atoms with Crippen LogP contribution in [0.1, 0.15) is 47.5 Å². The molecular formula is C15H26BNO4. The molecule has 0 radical (unpaired) electrons. The number of carbonyl (C=O) groups is 2. The van der Waals surface area contributed by atoms with E-state index in [0.717, 1.165) is 6.29 Å². The molecule has 0 atom stereocenters. The van der Waals surface area contributed by atoms with E-state index in [1.165, 1.54) is 6.92 Å². The number of aldehydes is 1. The highest BCUT2D eigenvalue weighted by molar-refractivity contribution is 6.46. The van der Waals surface area contributed by atoms with Crippen molar-refractivity contribution in [3.8, 4) is 0 Å². The second kappa shape index (κ2) is 7.23. The van der Waals surface area contributed by atoms with E-state index in [1.54, 1.807) is 11.1 Å². The smallest absolute Gasteiger partial charge is 0.403 e. The zero-order chi connectivity index (χ0) is 16.1. The largest absolute Gasteiger partial charge is 0.461 e. The van der Waals surface area contributed by atoms with E-state index in [2.05, 4.69) is 0 Å². The van der Waals surface area contributed by atoms with Crippen LogP contribution in [0.3, 0.4) is 0 Å². The van der Waals surface area contributed by atoms with Crippen LogP contribution in [0.5, 0.6) is 0 Å². The van der Waals surface area contributed by atoms with Crippen molar-refractivity contribution < 1.29 is 18.9 Å². The molecule has 21 heavy (non-hydrogen) atoms. The standard InChI is InChI=1S/C15H26BNO4/c1-13(19)17(10-6-7-12-18)11-8-9-16-20-14(2,3)15(4,5)21-16/h8,11-12H,6-7,9-10H2,1-5H3/b11-8+. The summed E-state index contributed by atoms with van der Waals surface area (Å²) in [4.78, 5) is 23.4. The summed E-state index contributed by atoms with van der Waals surface area (Å²) in [6.07, 6.45) is 6.22. The third-order valence-electron chi connectivity index (χ3n) is 4.04. The van der Waals surface area contributed by atoms with Gasteiger partial charge >= 0.3 is 7.12 Å².